The second-order valence-electron chi connectivity index (χ2n) is 4.76. The van der Waals surface area contributed by atoms with E-state index in [9.17, 15) is 10.1 Å². The Balaban J connectivity index is 2.04. The summed E-state index contributed by atoms with van der Waals surface area (Å²) < 4.78 is 5.25. The number of nitrogens with zero attached hydrogens (tertiary/aromatic N) is 2. The lowest BCUT2D eigenvalue weighted by molar-refractivity contribution is -0.384. The van der Waals surface area contributed by atoms with Crippen molar-refractivity contribution in [1.29, 1.82) is 5.26 Å². The van der Waals surface area contributed by atoms with Crippen molar-refractivity contribution in [2.75, 3.05) is 5.32 Å². The molecule has 1 atom stereocenters. The third-order valence-electron chi connectivity index (χ3n) is 3.13. The topological polar surface area (TPSA) is 92.1 Å². The minimum atomic E-state index is -0.484. The minimum Gasteiger partial charge on any atom is -0.469 e. The zero-order chi connectivity index (χ0) is 15.2. The van der Waals surface area contributed by atoms with Crippen molar-refractivity contribution in [1.82, 2.24) is 0 Å². The molecule has 0 aliphatic carbocycles. The highest BCUT2D eigenvalue weighted by Crippen LogP contribution is 2.26. The van der Waals surface area contributed by atoms with Crippen LogP contribution in [0.1, 0.15) is 24.7 Å². The van der Waals surface area contributed by atoms with E-state index in [1.165, 1.54) is 6.07 Å². The van der Waals surface area contributed by atoms with Crippen molar-refractivity contribution in [3.8, 4) is 6.07 Å². The van der Waals surface area contributed by atoms with E-state index in [2.05, 4.69) is 5.32 Å². The van der Waals surface area contributed by atoms with Crippen LogP contribution in [0.5, 0.6) is 0 Å². The molecule has 2 aromatic rings. The molecule has 0 saturated carbocycles. The molecule has 108 valence electrons. The van der Waals surface area contributed by atoms with Crippen LogP contribution < -0.4 is 5.32 Å². The molecular formula is C15H15N3O3. The molecule has 0 fully saturated rings. The van der Waals surface area contributed by atoms with Gasteiger partial charge in [0.1, 0.15) is 11.4 Å². The Morgan fingerprint density at radius 1 is 1.48 bits per heavy atom. The van der Waals surface area contributed by atoms with E-state index in [1.807, 2.05) is 25.1 Å². The van der Waals surface area contributed by atoms with Gasteiger partial charge >= 0.3 is 0 Å². The van der Waals surface area contributed by atoms with Crippen LogP contribution in [0.25, 0.3) is 0 Å². The van der Waals surface area contributed by atoms with Crippen LogP contribution in [0.15, 0.2) is 41.0 Å². The van der Waals surface area contributed by atoms with Gasteiger partial charge in [0.15, 0.2) is 0 Å². The fourth-order valence-electron chi connectivity index (χ4n) is 2.03. The third-order valence-corrected chi connectivity index (χ3v) is 3.13. The predicted octanol–water partition coefficient (Wildman–Crippen LogP) is 3.49. The molecule has 6 heteroatoms. The monoisotopic (exact) mass is 285 g/mol. The number of nitrogens with one attached hydrogen (secondary N) is 1. The molecule has 6 nitrogen and oxygen atoms in total. The average Bonchev–Trinajstić information content (AvgIpc) is 2.98. The molecule has 1 aromatic heterocycles. The van der Waals surface area contributed by atoms with Crippen molar-refractivity contribution < 1.29 is 9.34 Å². The lowest BCUT2D eigenvalue weighted by Gasteiger charge is -2.14. The number of nitro groups is 1. The quantitative estimate of drug-likeness (QED) is 0.647. The molecule has 0 radical (unpaired) electrons. The normalized spacial score (nSPS) is 11.6. The van der Waals surface area contributed by atoms with Gasteiger partial charge in [0.25, 0.3) is 5.69 Å². The van der Waals surface area contributed by atoms with Crippen molar-refractivity contribution in [2.45, 2.75) is 25.8 Å². The summed E-state index contributed by atoms with van der Waals surface area (Å²) in [7, 11) is 0. The number of aryl methyl sites for hydroxylation is 1. The van der Waals surface area contributed by atoms with E-state index in [4.69, 9.17) is 9.68 Å². The average molecular weight is 285 g/mol. The minimum absolute atomic E-state index is 0.0433. The highest BCUT2D eigenvalue weighted by Gasteiger charge is 2.16. The van der Waals surface area contributed by atoms with Crippen LogP contribution in [0.2, 0.25) is 0 Å². The molecule has 0 aliphatic rings. The lowest BCUT2D eigenvalue weighted by Crippen LogP contribution is -2.16. The smallest absolute Gasteiger partial charge is 0.293 e. The maximum atomic E-state index is 11.1. The number of rotatable bonds is 6. The van der Waals surface area contributed by atoms with Crippen LogP contribution in [-0.4, -0.2) is 11.0 Å². The van der Waals surface area contributed by atoms with Gasteiger partial charge in [-0.2, -0.15) is 5.26 Å². The Labute approximate surface area is 122 Å². The SMILES string of the molecule is CC(CCc1ccco1)Nc1ccc(C#N)cc1[N+](=O)[O-]. The van der Waals surface area contributed by atoms with Crippen LogP contribution in [0.3, 0.4) is 0 Å². The van der Waals surface area contributed by atoms with Crippen molar-refractivity contribution >= 4 is 11.4 Å². The molecule has 1 aromatic carbocycles. The van der Waals surface area contributed by atoms with Crippen LogP contribution >= 0.6 is 0 Å². The lowest BCUT2D eigenvalue weighted by atomic mass is 10.1. The fourth-order valence-corrected chi connectivity index (χ4v) is 2.03. The maximum absolute atomic E-state index is 11.1. The summed E-state index contributed by atoms with van der Waals surface area (Å²) in [6.45, 7) is 1.95. The van der Waals surface area contributed by atoms with E-state index in [1.54, 1.807) is 18.4 Å². The number of benzene rings is 1. The zero-order valence-corrected chi connectivity index (χ0v) is 11.6. The number of nitriles is 1. The highest BCUT2D eigenvalue weighted by atomic mass is 16.6. The molecule has 1 N–H and O–H groups in total. The Kier molecular flexibility index (Phi) is 4.57. The van der Waals surface area contributed by atoms with E-state index < -0.39 is 4.92 Å². The third kappa shape index (κ3) is 3.83. The first-order valence-electron chi connectivity index (χ1n) is 6.57. The molecule has 0 spiro atoms. The first-order valence-corrected chi connectivity index (χ1v) is 6.57. The number of hydrogen-bond acceptors (Lipinski definition) is 5. The molecule has 2 rings (SSSR count). The van der Waals surface area contributed by atoms with Crippen LogP contribution in [0, 0.1) is 21.4 Å². The van der Waals surface area contributed by atoms with Crippen LogP contribution in [-0.2, 0) is 6.42 Å². The van der Waals surface area contributed by atoms with Gasteiger partial charge in [0, 0.05) is 18.5 Å². The van der Waals surface area contributed by atoms with Gasteiger partial charge < -0.3 is 9.73 Å². The maximum Gasteiger partial charge on any atom is 0.293 e. The van der Waals surface area contributed by atoms with Crippen molar-refractivity contribution in [3.05, 3.63) is 58.0 Å². The standard InChI is InChI=1S/C15H15N3O3/c1-11(4-6-13-3-2-8-21-13)17-14-7-5-12(10-16)9-15(14)18(19)20/h2-3,5,7-9,11,17H,4,6H2,1H3. The van der Waals surface area contributed by atoms with Gasteiger partial charge in [-0.05, 0) is 37.6 Å². The molecule has 0 amide bonds. The van der Waals surface area contributed by atoms with Crippen molar-refractivity contribution in [2.24, 2.45) is 0 Å². The first kappa shape index (κ1) is 14.6. The fraction of sp³-hybridized carbons (Fsp3) is 0.267. The predicted molar refractivity (Wildman–Crippen MR) is 77.9 cm³/mol. The number of anilines is 1. The number of hydrogen-bond donors (Lipinski definition) is 1. The largest absolute Gasteiger partial charge is 0.469 e. The van der Waals surface area contributed by atoms with Gasteiger partial charge in [-0.1, -0.05) is 0 Å². The number of furan rings is 1. The first-order chi connectivity index (χ1) is 10.1. The van der Waals surface area contributed by atoms with E-state index in [0.29, 0.717) is 5.69 Å². The van der Waals surface area contributed by atoms with Gasteiger partial charge in [-0.3, -0.25) is 10.1 Å². The summed E-state index contributed by atoms with van der Waals surface area (Å²) in [6, 6.07) is 10.1. The molecule has 0 aliphatic heterocycles. The Morgan fingerprint density at radius 2 is 2.29 bits per heavy atom. The highest BCUT2D eigenvalue weighted by molar-refractivity contribution is 5.64. The van der Waals surface area contributed by atoms with E-state index in [0.717, 1.165) is 18.6 Å². The summed E-state index contributed by atoms with van der Waals surface area (Å²) in [5.41, 5.74) is 0.611. The summed E-state index contributed by atoms with van der Waals surface area (Å²) in [4.78, 5) is 10.6. The van der Waals surface area contributed by atoms with E-state index in [-0.39, 0.29) is 17.3 Å². The molecule has 21 heavy (non-hydrogen) atoms. The summed E-state index contributed by atoms with van der Waals surface area (Å²) in [5, 5.41) is 23.0. The second kappa shape index (κ2) is 6.57. The molecule has 0 saturated heterocycles. The molecular weight excluding hydrogens is 270 g/mol. The van der Waals surface area contributed by atoms with Gasteiger partial charge in [0.05, 0.1) is 22.8 Å². The molecule has 1 heterocycles. The summed E-state index contributed by atoms with van der Waals surface area (Å²) >= 11 is 0. The second-order valence-corrected chi connectivity index (χ2v) is 4.76. The zero-order valence-electron chi connectivity index (χ0n) is 11.6. The Hall–Kier alpha value is -2.81. The number of nitro benzene ring substituents is 1. The van der Waals surface area contributed by atoms with E-state index >= 15 is 0 Å². The Morgan fingerprint density at radius 3 is 2.90 bits per heavy atom. The van der Waals surface area contributed by atoms with Gasteiger partial charge in [-0.15, -0.1) is 0 Å². The molecule has 1 unspecified atom stereocenters. The van der Waals surface area contributed by atoms with Crippen molar-refractivity contribution in [3.63, 3.8) is 0 Å². The summed E-state index contributed by atoms with van der Waals surface area (Å²) in [5.74, 6) is 0.887. The van der Waals surface area contributed by atoms with Crippen LogP contribution in [0.4, 0.5) is 11.4 Å². The summed E-state index contributed by atoms with van der Waals surface area (Å²) in [6.07, 6.45) is 3.16. The Bertz CT molecular complexity index is 659. The van der Waals surface area contributed by atoms with Gasteiger partial charge in [0.2, 0.25) is 0 Å². The molecule has 0 bridgehead atoms. The van der Waals surface area contributed by atoms with Gasteiger partial charge in [-0.25, -0.2) is 0 Å².